The molecule has 0 aliphatic carbocycles. The van der Waals surface area contributed by atoms with Gasteiger partial charge in [0.15, 0.2) is 0 Å². The van der Waals surface area contributed by atoms with Crippen LogP contribution in [0.15, 0.2) is 81.3 Å². The van der Waals surface area contributed by atoms with Crippen LogP contribution in [0.5, 0.6) is 5.75 Å². The van der Waals surface area contributed by atoms with E-state index in [-0.39, 0.29) is 28.9 Å². The van der Waals surface area contributed by atoms with Crippen LogP contribution in [0, 0.1) is 0 Å². The van der Waals surface area contributed by atoms with Gasteiger partial charge in [-0.25, -0.2) is 13.2 Å². The Morgan fingerprint density at radius 2 is 1.79 bits per heavy atom. The number of nitrogens with zero attached hydrogens (tertiary/aromatic N) is 2. The second-order valence-corrected chi connectivity index (χ2v) is 9.31. The first-order valence-electron chi connectivity index (χ1n) is 10.2. The van der Waals surface area contributed by atoms with E-state index in [0.29, 0.717) is 12.2 Å². The van der Waals surface area contributed by atoms with Gasteiger partial charge in [-0.1, -0.05) is 18.2 Å². The zero-order chi connectivity index (χ0) is 23.4. The largest absolute Gasteiger partial charge is 0.497 e. The van der Waals surface area contributed by atoms with Crippen LogP contribution in [-0.2, 0) is 23.0 Å². The van der Waals surface area contributed by atoms with E-state index in [9.17, 15) is 18.0 Å². The molecule has 2 aromatic carbocycles. The monoisotopic (exact) mass is 466 g/mol. The van der Waals surface area contributed by atoms with E-state index in [1.165, 1.54) is 22.5 Å². The molecular weight excluding hydrogens is 444 g/mol. The van der Waals surface area contributed by atoms with Crippen LogP contribution in [0.1, 0.15) is 11.3 Å². The second kappa shape index (κ2) is 9.39. The summed E-state index contributed by atoms with van der Waals surface area (Å²) in [6.45, 7) is 0.310. The van der Waals surface area contributed by atoms with Crippen molar-refractivity contribution in [1.82, 2.24) is 19.3 Å². The number of fused-ring (bicyclic) bond motifs is 1. The minimum Gasteiger partial charge on any atom is -0.497 e. The van der Waals surface area contributed by atoms with E-state index in [1.807, 2.05) is 12.1 Å². The van der Waals surface area contributed by atoms with Crippen LogP contribution in [0.25, 0.3) is 10.9 Å². The highest BCUT2D eigenvalue weighted by Crippen LogP contribution is 2.22. The first kappa shape index (κ1) is 22.4. The molecule has 0 unspecified atom stereocenters. The lowest BCUT2D eigenvalue weighted by molar-refractivity contribution is 0.405. The fourth-order valence-electron chi connectivity index (χ4n) is 3.46. The number of methoxy groups -OCH3 is 1. The number of hydrogen-bond donors (Lipinski definition) is 2. The highest BCUT2D eigenvalue weighted by molar-refractivity contribution is 7.89. The lowest BCUT2D eigenvalue weighted by atomic mass is 10.2. The predicted octanol–water partition coefficient (Wildman–Crippen LogP) is 2.05. The number of pyridine rings is 1. The molecule has 2 aromatic heterocycles. The highest BCUT2D eigenvalue weighted by atomic mass is 32.2. The summed E-state index contributed by atoms with van der Waals surface area (Å²) in [5.41, 5.74) is 0.502. The van der Waals surface area contributed by atoms with Crippen molar-refractivity contribution in [2.45, 2.75) is 17.9 Å². The Bertz CT molecular complexity index is 1480. The van der Waals surface area contributed by atoms with Crippen molar-refractivity contribution < 1.29 is 13.2 Å². The Morgan fingerprint density at radius 3 is 2.48 bits per heavy atom. The molecule has 0 bridgehead atoms. The maximum Gasteiger partial charge on any atom is 0.326 e. The molecule has 33 heavy (non-hydrogen) atoms. The van der Waals surface area contributed by atoms with Gasteiger partial charge in [0.05, 0.1) is 22.9 Å². The number of sulfonamides is 1. The summed E-state index contributed by atoms with van der Waals surface area (Å²) in [5, 5.41) is 0.0878. The normalized spacial score (nSPS) is 11.7. The van der Waals surface area contributed by atoms with Crippen LogP contribution in [0.3, 0.4) is 0 Å². The smallest absolute Gasteiger partial charge is 0.326 e. The molecule has 0 spiro atoms. The minimum atomic E-state index is -3.97. The molecule has 4 rings (SSSR count). The number of aromatic nitrogens is 3. The standard InChI is InChI=1S/C23H22N4O5S/c1-32-18-7-5-16(6-8-18)15-27(13-11-17-4-2-3-12-24-17)33(30,31)19-9-10-21-20(14-19)22(28)26-23(29)25-21/h2-10,12,14H,11,13,15H2,1H3,(H2,25,26,28,29). The Kier molecular flexibility index (Phi) is 6.38. The third kappa shape index (κ3) is 5.02. The Balaban J connectivity index is 1.71. The first-order valence-corrected chi connectivity index (χ1v) is 11.6. The number of aromatic amines is 2. The van der Waals surface area contributed by atoms with Crippen molar-refractivity contribution in [2.75, 3.05) is 13.7 Å². The maximum absolute atomic E-state index is 13.6. The van der Waals surface area contributed by atoms with Gasteiger partial charge in [-0.15, -0.1) is 0 Å². The van der Waals surface area contributed by atoms with Crippen molar-refractivity contribution in [3.05, 3.63) is 99.0 Å². The topological polar surface area (TPSA) is 125 Å². The second-order valence-electron chi connectivity index (χ2n) is 7.37. The van der Waals surface area contributed by atoms with Gasteiger partial charge < -0.3 is 9.72 Å². The van der Waals surface area contributed by atoms with E-state index in [0.717, 1.165) is 11.3 Å². The minimum absolute atomic E-state index is 0.0397. The molecule has 0 fully saturated rings. The molecule has 0 amide bonds. The van der Waals surface area contributed by atoms with Crippen molar-refractivity contribution >= 4 is 20.9 Å². The first-order chi connectivity index (χ1) is 15.9. The third-order valence-electron chi connectivity index (χ3n) is 5.21. The van der Waals surface area contributed by atoms with Crippen LogP contribution in [0.2, 0.25) is 0 Å². The number of H-pyrrole nitrogens is 2. The number of rotatable bonds is 8. The number of nitrogens with one attached hydrogen (secondary N) is 2. The molecule has 0 aliphatic rings. The molecule has 0 radical (unpaired) electrons. The van der Waals surface area contributed by atoms with Crippen molar-refractivity contribution in [1.29, 1.82) is 0 Å². The lowest BCUT2D eigenvalue weighted by Crippen LogP contribution is -2.33. The zero-order valence-electron chi connectivity index (χ0n) is 17.8. The fraction of sp³-hybridized carbons (Fsp3) is 0.174. The Labute approximate surface area is 189 Å². The van der Waals surface area contributed by atoms with Crippen molar-refractivity contribution in [3.63, 3.8) is 0 Å². The van der Waals surface area contributed by atoms with E-state index in [4.69, 9.17) is 4.74 Å². The summed E-state index contributed by atoms with van der Waals surface area (Å²) in [4.78, 5) is 32.6. The molecule has 2 heterocycles. The summed E-state index contributed by atoms with van der Waals surface area (Å²) in [5.74, 6) is 0.671. The Hall–Kier alpha value is -3.76. The van der Waals surface area contributed by atoms with Gasteiger partial charge in [-0.3, -0.25) is 14.8 Å². The molecule has 0 saturated carbocycles. The SMILES string of the molecule is COc1ccc(CN(CCc2ccccn2)S(=O)(=O)c2ccc3[nH]c(=O)[nH]c(=O)c3c2)cc1. The van der Waals surface area contributed by atoms with Gasteiger partial charge >= 0.3 is 5.69 Å². The van der Waals surface area contributed by atoms with Gasteiger partial charge in [0.2, 0.25) is 10.0 Å². The average Bonchev–Trinajstić information content (AvgIpc) is 2.82. The van der Waals surface area contributed by atoms with Crippen LogP contribution >= 0.6 is 0 Å². The van der Waals surface area contributed by atoms with Crippen LogP contribution in [0.4, 0.5) is 0 Å². The van der Waals surface area contributed by atoms with Crippen LogP contribution < -0.4 is 16.0 Å². The highest BCUT2D eigenvalue weighted by Gasteiger charge is 2.25. The molecule has 0 atom stereocenters. The van der Waals surface area contributed by atoms with Crippen LogP contribution in [-0.4, -0.2) is 41.3 Å². The van der Waals surface area contributed by atoms with Crippen molar-refractivity contribution in [3.8, 4) is 5.75 Å². The zero-order valence-corrected chi connectivity index (χ0v) is 18.6. The van der Waals surface area contributed by atoms with Gasteiger partial charge in [-0.2, -0.15) is 4.31 Å². The lowest BCUT2D eigenvalue weighted by Gasteiger charge is -2.22. The maximum atomic E-state index is 13.6. The summed E-state index contributed by atoms with van der Waals surface area (Å²) >= 11 is 0. The summed E-state index contributed by atoms with van der Waals surface area (Å²) in [7, 11) is -2.41. The van der Waals surface area contributed by atoms with Gasteiger partial charge in [0.25, 0.3) is 5.56 Å². The molecule has 0 aliphatic heterocycles. The Morgan fingerprint density at radius 1 is 1.00 bits per heavy atom. The van der Waals surface area contributed by atoms with E-state index < -0.39 is 21.3 Å². The van der Waals surface area contributed by atoms with E-state index in [1.54, 1.807) is 43.6 Å². The molecule has 4 aromatic rings. The van der Waals surface area contributed by atoms with Gasteiger partial charge in [-0.05, 0) is 48.0 Å². The van der Waals surface area contributed by atoms with Gasteiger partial charge in [0.1, 0.15) is 5.75 Å². The molecule has 2 N–H and O–H groups in total. The molecular formula is C23H22N4O5S. The molecule has 9 nitrogen and oxygen atoms in total. The average molecular weight is 467 g/mol. The predicted molar refractivity (Wildman–Crippen MR) is 124 cm³/mol. The number of benzene rings is 2. The molecule has 10 heteroatoms. The summed E-state index contributed by atoms with van der Waals surface area (Å²) < 4.78 is 33.7. The van der Waals surface area contributed by atoms with E-state index in [2.05, 4.69) is 15.0 Å². The van der Waals surface area contributed by atoms with Gasteiger partial charge in [0, 0.05) is 31.4 Å². The number of ether oxygens (including phenoxy) is 1. The van der Waals surface area contributed by atoms with E-state index >= 15 is 0 Å². The summed E-state index contributed by atoms with van der Waals surface area (Å²) in [6.07, 6.45) is 2.08. The molecule has 170 valence electrons. The quantitative estimate of drug-likeness (QED) is 0.409. The third-order valence-corrected chi connectivity index (χ3v) is 7.05. The fourth-order valence-corrected chi connectivity index (χ4v) is 4.91. The summed E-state index contributed by atoms with van der Waals surface area (Å²) in [6, 6.07) is 16.7. The van der Waals surface area contributed by atoms with Crippen molar-refractivity contribution in [2.24, 2.45) is 0 Å². The molecule has 0 saturated heterocycles. The number of hydrogen-bond acceptors (Lipinski definition) is 6.